The average molecular weight is 355 g/mol. The smallest absolute Gasteiger partial charge is 0.317 e. The zero-order valence-electron chi connectivity index (χ0n) is 15.8. The monoisotopic (exact) mass is 355 g/mol. The van der Waals surface area contributed by atoms with Crippen LogP contribution >= 0.6 is 0 Å². The van der Waals surface area contributed by atoms with Gasteiger partial charge < -0.3 is 15.1 Å². The number of rotatable bonds is 6. The molecule has 0 saturated carbocycles. The predicted molar refractivity (Wildman–Crippen MR) is 103 cm³/mol. The Kier molecular flexibility index (Phi) is 6.28. The van der Waals surface area contributed by atoms with Crippen LogP contribution in [0.5, 0.6) is 0 Å². The molecule has 1 fully saturated rings. The summed E-state index contributed by atoms with van der Waals surface area (Å²) in [6.45, 7) is 6.09. The number of hydrogen-bond donors (Lipinski definition) is 1. The van der Waals surface area contributed by atoms with Crippen molar-refractivity contribution in [2.24, 2.45) is 0 Å². The van der Waals surface area contributed by atoms with Gasteiger partial charge in [-0.3, -0.25) is 0 Å². The molecule has 3 rings (SSSR count). The van der Waals surface area contributed by atoms with Crippen LogP contribution in [-0.4, -0.2) is 58.3 Å². The van der Waals surface area contributed by atoms with Crippen molar-refractivity contribution in [3.05, 3.63) is 48.3 Å². The Morgan fingerprint density at radius 1 is 1.27 bits per heavy atom. The molecule has 2 heterocycles. The summed E-state index contributed by atoms with van der Waals surface area (Å²) in [5.41, 5.74) is 2.10. The summed E-state index contributed by atoms with van der Waals surface area (Å²) < 4.78 is 1.82. The van der Waals surface area contributed by atoms with E-state index in [1.54, 1.807) is 6.20 Å². The van der Waals surface area contributed by atoms with Crippen molar-refractivity contribution in [2.75, 3.05) is 26.7 Å². The fourth-order valence-electron chi connectivity index (χ4n) is 3.50. The molecule has 1 aromatic heterocycles. The third-order valence-corrected chi connectivity index (χ3v) is 5.11. The minimum Gasteiger partial charge on any atom is -0.334 e. The highest BCUT2D eigenvalue weighted by Crippen LogP contribution is 2.16. The molecule has 1 saturated heterocycles. The molecule has 0 aliphatic carbocycles. The maximum absolute atomic E-state index is 12.5. The van der Waals surface area contributed by atoms with Crippen molar-refractivity contribution in [3.63, 3.8) is 0 Å². The first-order chi connectivity index (χ1) is 12.7. The van der Waals surface area contributed by atoms with Gasteiger partial charge in [-0.05, 0) is 49.6 Å². The van der Waals surface area contributed by atoms with Crippen LogP contribution in [0.25, 0.3) is 5.69 Å². The lowest BCUT2D eigenvalue weighted by atomic mass is 10.0. The third-order valence-electron chi connectivity index (χ3n) is 5.11. The second-order valence-electron chi connectivity index (χ2n) is 6.96. The third kappa shape index (κ3) is 4.64. The second kappa shape index (κ2) is 8.85. The van der Waals surface area contributed by atoms with Crippen molar-refractivity contribution in [1.29, 1.82) is 0 Å². The Balaban J connectivity index is 1.46. The maximum atomic E-state index is 12.5. The normalized spacial score (nSPS) is 15.8. The number of benzene rings is 1. The van der Waals surface area contributed by atoms with Gasteiger partial charge in [0.15, 0.2) is 0 Å². The number of carbonyl (C=O) groups is 1. The van der Waals surface area contributed by atoms with E-state index in [1.807, 2.05) is 53.2 Å². The van der Waals surface area contributed by atoms with Gasteiger partial charge in [0.05, 0.1) is 5.69 Å². The maximum Gasteiger partial charge on any atom is 0.317 e. The van der Waals surface area contributed by atoms with E-state index in [0.29, 0.717) is 12.6 Å². The summed E-state index contributed by atoms with van der Waals surface area (Å²) >= 11 is 0. The van der Waals surface area contributed by atoms with Gasteiger partial charge in [-0.15, -0.1) is 0 Å². The lowest BCUT2D eigenvalue weighted by Crippen LogP contribution is -2.48. The van der Waals surface area contributed by atoms with E-state index in [2.05, 4.69) is 22.2 Å². The van der Waals surface area contributed by atoms with Crippen molar-refractivity contribution >= 4 is 6.03 Å². The molecule has 140 valence electrons. The summed E-state index contributed by atoms with van der Waals surface area (Å²) in [5.74, 6) is 0. The molecular formula is C20H29N5O. The summed E-state index contributed by atoms with van der Waals surface area (Å²) in [5, 5.41) is 7.26. The highest BCUT2D eigenvalue weighted by atomic mass is 16.2. The van der Waals surface area contributed by atoms with Gasteiger partial charge in [0.1, 0.15) is 0 Å². The first kappa shape index (κ1) is 18.5. The number of piperidine rings is 1. The molecule has 0 atom stereocenters. The highest BCUT2D eigenvalue weighted by molar-refractivity contribution is 5.74. The number of nitrogens with zero attached hydrogens (tertiary/aromatic N) is 4. The topological polar surface area (TPSA) is 53.4 Å². The molecule has 0 unspecified atom stereocenters. The van der Waals surface area contributed by atoms with Gasteiger partial charge in [0, 0.05) is 45.1 Å². The molecule has 2 aromatic rings. The molecular weight excluding hydrogens is 326 g/mol. The summed E-state index contributed by atoms with van der Waals surface area (Å²) in [6, 6.07) is 10.3. The Labute approximate surface area is 155 Å². The first-order valence-electron chi connectivity index (χ1n) is 9.49. The van der Waals surface area contributed by atoms with Crippen LogP contribution in [0.4, 0.5) is 4.79 Å². The van der Waals surface area contributed by atoms with E-state index in [0.717, 1.165) is 43.7 Å². The lowest BCUT2D eigenvalue weighted by molar-refractivity contribution is 0.134. The van der Waals surface area contributed by atoms with Gasteiger partial charge in [0.25, 0.3) is 0 Å². The SMILES string of the molecule is CCCN1CCC(N(C)C(=O)NCc2ccc(-n3cccn3)cc2)CC1. The quantitative estimate of drug-likeness (QED) is 0.867. The molecule has 6 nitrogen and oxygen atoms in total. The second-order valence-corrected chi connectivity index (χ2v) is 6.96. The molecule has 0 spiro atoms. The van der Waals surface area contributed by atoms with Crippen LogP contribution < -0.4 is 5.32 Å². The van der Waals surface area contributed by atoms with Crippen molar-refractivity contribution in [1.82, 2.24) is 24.9 Å². The van der Waals surface area contributed by atoms with E-state index in [-0.39, 0.29) is 6.03 Å². The zero-order valence-corrected chi connectivity index (χ0v) is 15.8. The molecule has 0 bridgehead atoms. The van der Waals surface area contributed by atoms with E-state index in [9.17, 15) is 4.79 Å². The number of urea groups is 1. The molecule has 1 aliphatic heterocycles. The zero-order chi connectivity index (χ0) is 18.4. The van der Waals surface area contributed by atoms with Crippen molar-refractivity contribution in [2.45, 2.75) is 38.8 Å². The Morgan fingerprint density at radius 2 is 2.00 bits per heavy atom. The van der Waals surface area contributed by atoms with E-state index in [1.165, 1.54) is 6.42 Å². The van der Waals surface area contributed by atoms with Crippen LogP contribution in [0.3, 0.4) is 0 Å². The first-order valence-corrected chi connectivity index (χ1v) is 9.49. The summed E-state index contributed by atoms with van der Waals surface area (Å²) in [6.07, 6.45) is 6.99. The molecule has 1 N–H and O–H groups in total. The fourth-order valence-corrected chi connectivity index (χ4v) is 3.50. The number of amides is 2. The number of likely N-dealkylation sites (tertiary alicyclic amines) is 1. The Bertz CT molecular complexity index is 675. The lowest BCUT2D eigenvalue weighted by Gasteiger charge is -2.36. The van der Waals surface area contributed by atoms with Gasteiger partial charge in [-0.25, -0.2) is 9.48 Å². The van der Waals surface area contributed by atoms with Crippen LogP contribution in [-0.2, 0) is 6.54 Å². The predicted octanol–water partition coefficient (Wildman–Crippen LogP) is 2.89. The number of hydrogen-bond acceptors (Lipinski definition) is 3. The molecule has 1 aromatic carbocycles. The molecule has 2 amide bonds. The average Bonchev–Trinajstić information content (AvgIpc) is 3.21. The van der Waals surface area contributed by atoms with Gasteiger partial charge in [-0.1, -0.05) is 19.1 Å². The van der Waals surface area contributed by atoms with E-state index < -0.39 is 0 Å². The van der Waals surface area contributed by atoms with Gasteiger partial charge in [-0.2, -0.15) is 5.10 Å². The number of nitrogens with one attached hydrogen (secondary N) is 1. The van der Waals surface area contributed by atoms with Gasteiger partial charge >= 0.3 is 6.03 Å². The summed E-state index contributed by atoms with van der Waals surface area (Å²) in [4.78, 5) is 16.8. The van der Waals surface area contributed by atoms with Crippen LogP contribution in [0.15, 0.2) is 42.7 Å². The minimum atomic E-state index is 0.00935. The van der Waals surface area contributed by atoms with E-state index in [4.69, 9.17) is 0 Å². The van der Waals surface area contributed by atoms with Crippen LogP contribution in [0, 0.1) is 0 Å². The van der Waals surface area contributed by atoms with E-state index >= 15 is 0 Å². The summed E-state index contributed by atoms with van der Waals surface area (Å²) in [7, 11) is 1.91. The minimum absolute atomic E-state index is 0.00935. The molecule has 6 heteroatoms. The van der Waals surface area contributed by atoms with Gasteiger partial charge in [0.2, 0.25) is 0 Å². The fraction of sp³-hybridized carbons (Fsp3) is 0.500. The molecule has 1 aliphatic rings. The Morgan fingerprint density at radius 3 is 2.62 bits per heavy atom. The van der Waals surface area contributed by atoms with Crippen LogP contribution in [0.2, 0.25) is 0 Å². The molecule has 0 radical (unpaired) electrons. The van der Waals surface area contributed by atoms with Crippen molar-refractivity contribution in [3.8, 4) is 5.69 Å². The Hall–Kier alpha value is -2.34. The van der Waals surface area contributed by atoms with Crippen molar-refractivity contribution < 1.29 is 4.79 Å². The largest absolute Gasteiger partial charge is 0.334 e. The highest BCUT2D eigenvalue weighted by Gasteiger charge is 2.24. The van der Waals surface area contributed by atoms with Crippen LogP contribution in [0.1, 0.15) is 31.7 Å². The molecule has 26 heavy (non-hydrogen) atoms. The number of carbonyl (C=O) groups excluding carboxylic acids is 1. The standard InChI is InChI=1S/C20H29N5O/c1-3-12-24-14-9-18(10-15-24)23(2)20(26)21-16-17-5-7-19(8-6-17)25-13-4-11-22-25/h4-8,11,13,18H,3,9-10,12,14-16H2,1-2H3,(H,21,26). The number of aromatic nitrogens is 2.